The van der Waals surface area contributed by atoms with E-state index in [4.69, 9.17) is 31.0 Å². The highest BCUT2D eigenvalue weighted by molar-refractivity contribution is 6.31. The van der Waals surface area contributed by atoms with Gasteiger partial charge in [0.1, 0.15) is 17.3 Å². The third kappa shape index (κ3) is 4.20. The van der Waals surface area contributed by atoms with E-state index in [2.05, 4.69) is 0 Å². The van der Waals surface area contributed by atoms with Gasteiger partial charge in [0.25, 0.3) is 0 Å². The molecule has 1 heterocycles. The summed E-state index contributed by atoms with van der Waals surface area (Å²) in [5, 5.41) is 1.51. The molecule has 0 aliphatic rings. The van der Waals surface area contributed by atoms with Gasteiger partial charge in [-0.1, -0.05) is 11.6 Å². The van der Waals surface area contributed by atoms with Gasteiger partial charge in [-0.15, -0.1) is 0 Å². The first-order valence-electron chi connectivity index (χ1n) is 9.73. The third-order valence-corrected chi connectivity index (χ3v) is 5.40. The van der Waals surface area contributed by atoms with Crippen LogP contribution in [0.1, 0.15) is 0 Å². The third-order valence-electron chi connectivity index (χ3n) is 5.16. The van der Waals surface area contributed by atoms with Crippen LogP contribution in [-0.2, 0) is 0 Å². The lowest BCUT2D eigenvalue weighted by Crippen LogP contribution is -2.17. The van der Waals surface area contributed by atoms with E-state index < -0.39 is 0 Å². The number of aromatic nitrogens is 2. The van der Waals surface area contributed by atoms with Crippen molar-refractivity contribution < 1.29 is 9.47 Å². The molecule has 0 aliphatic heterocycles. The monoisotopic (exact) mass is 434 g/mol. The summed E-state index contributed by atoms with van der Waals surface area (Å²) in [6.45, 7) is 0. The van der Waals surface area contributed by atoms with E-state index in [1.54, 1.807) is 14.2 Å². The normalized spacial score (nSPS) is 10.7. The fourth-order valence-electron chi connectivity index (χ4n) is 3.33. The molecule has 0 spiro atoms. The average molecular weight is 435 g/mol. The van der Waals surface area contributed by atoms with Gasteiger partial charge in [-0.3, -0.25) is 0 Å². The van der Waals surface area contributed by atoms with Gasteiger partial charge < -0.3 is 19.3 Å². The van der Waals surface area contributed by atoms with E-state index in [0.29, 0.717) is 11.0 Å². The number of benzene rings is 3. The second-order valence-electron chi connectivity index (χ2n) is 7.02. The smallest absolute Gasteiger partial charge is 0.232 e. The van der Waals surface area contributed by atoms with Crippen molar-refractivity contribution in [3.8, 4) is 11.5 Å². The Hall–Kier alpha value is -3.51. The molecule has 0 saturated carbocycles. The van der Waals surface area contributed by atoms with Crippen molar-refractivity contribution in [2.75, 3.05) is 38.1 Å². The zero-order valence-electron chi connectivity index (χ0n) is 17.8. The predicted molar refractivity (Wildman–Crippen MR) is 127 cm³/mol. The Balaban J connectivity index is 1.81. The van der Waals surface area contributed by atoms with Gasteiger partial charge >= 0.3 is 0 Å². The van der Waals surface area contributed by atoms with E-state index in [1.807, 2.05) is 90.6 Å². The molecular weight excluding hydrogens is 412 g/mol. The maximum absolute atomic E-state index is 6.29. The average Bonchev–Trinajstić information content (AvgIpc) is 2.82. The molecule has 7 heteroatoms. The van der Waals surface area contributed by atoms with Crippen molar-refractivity contribution >= 4 is 45.6 Å². The molecule has 0 fully saturated rings. The molecule has 4 rings (SSSR count). The molecule has 0 unspecified atom stereocenters. The SMILES string of the molecule is COc1ccc(N(C)c2nc(N(C)c3ccc(OC)cc3)c3cc(Cl)ccc3n2)cc1. The summed E-state index contributed by atoms with van der Waals surface area (Å²) < 4.78 is 10.5. The molecule has 158 valence electrons. The number of hydrogen-bond acceptors (Lipinski definition) is 6. The Labute approximate surface area is 186 Å². The maximum Gasteiger partial charge on any atom is 0.232 e. The highest BCUT2D eigenvalue weighted by atomic mass is 35.5. The molecule has 31 heavy (non-hydrogen) atoms. The minimum absolute atomic E-state index is 0.579. The highest BCUT2D eigenvalue weighted by Gasteiger charge is 2.17. The summed E-state index contributed by atoms with van der Waals surface area (Å²) >= 11 is 6.29. The molecule has 6 nitrogen and oxygen atoms in total. The second-order valence-corrected chi connectivity index (χ2v) is 7.46. The standard InChI is InChI=1S/C24H23ClN4O2/c1-28(17-6-10-19(30-3)11-7-17)23-21-15-16(25)5-14-22(21)26-24(27-23)29(2)18-8-12-20(31-4)13-9-18/h5-15H,1-4H3. The minimum Gasteiger partial charge on any atom is -0.497 e. The second kappa shape index (κ2) is 8.70. The van der Waals surface area contributed by atoms with Gasteiger partial charge in [-0.2, -0.15) is 4.98 Å². The van der Waals surface area contributed by atoms with Gasteiger partial charge in [0.05, 0.1) is 19.7 Å². The van der Waals surface area contributed by atoms with Crippen LogP contribution in [0.4, 0.5) is 23.1 Å². The molecule has 1 aromatic heterocycles. The molecule has 0 saturated heterocycles. The summed E-state index contributed by atoms with van der Waals surface area (Å²) in [6.07, 6.45) is 0. The largest absolute Gasteiger partial charge is 0.497 e. The van der Waals surface area contributed by atoms with Crippen molar-refractivity contribution in [1.29, 1.82) is 0 Å². The lowest BCUT2D eigenvalue weighted by molar-refractivity contribution is 0.414. The van der Waals surface area contributed by atoms with Crippen LogP contribution in [0.2, 0.25) is 5.02 Å². The van der Waals surface area contributed by atoms with Crippen LogP contribution < -0.4 is 19.3 Å². The molecule has 4 aromatic rings. The number of methoxy groups -OCH3 is 2. The van der Waals surface area contributed by atoms with Gasteiger partial charge in [-0.05, 0) is 66.7 Å². The van der Waals surface area contributed by atoms with Gasteiger partial charge in [0, 0.05) is 35.9 Å². The summed E-state index contributed by atoms with van der Waals surface area (Å²) in [5.74, 6) is 2.93. The van der Waals surface area contributed by atoms with Crippen molar-refractivity contribution in [3.63, 3.8) is 0 Å². The zero-order chi connectivity index (χ0) is 22.0. The van der Waals surface area contributed by atoms with Crippen LogP contribution >= 0.6 is 11.6 Å². The minimum atomic E-state index is 0.579. The number of ether oxygens (including phenoxy) is 2. The number of nitrogens with zero attached hydrogens (tertiary/aromatic N) is 4. The molecular formula is C24H23ClN4O2. The number of halogens is 1. The first-order chi connectivity index (χ1) is 15.0. The molecule has 0 N–H and O–H groups in total. The lowest BCUT2D eigenvalue weighted by Gasteiger charge is -2.24. The van der Waals surface area contributed by atoms with Crippen molar-refractivity contribution in [3.05, 3.63) is 71.8 Å². The molecule has 3 aromatic carbocycles. The molecule has 0 amide bonds. The van der Waals surface area contributed by atoms with E-state index in [9.17, 15) is 0 Å². The van der Waals surface area contributed by atoms with E-state index >= 15 is 0 Å². The quantitative estimate of drug-likeness (QED) is 0.380. The molecule has 0 aliphatic carbocycles. The van der Waals surface area contributed by atoms with E-state index in [-0.39, 0.29) is 0 Å². The number of rotatable bonds is 6. The lowest BCUT2D eigenvalue weighted by atomic mass is 10.2. The summed E-state index contributed by atoms with van der Waals surface area (Å²) in [4.78, 5) is 13.6. The van der Waals surface area contributed by atoms with Gasteiger partial charge in [0.15, 0.2) is 0 Å². The Morgan fingerprint density at radius 2 is 1.26 bits per heavy atom. The summed E-state index contributed by atoms with van der Waals surface area (Å²) in [6, 6.07) is 21.2. The number of hydrogen-bond donors (Lipinski definition) is 0. The first-order valence-corrected chi connectivity index (χ1v) is 10.1. The first kappa shape index (κ1) is 20.8. The Kier molecular flexibility index (Phi) is 5.82. The zero-order valence-corrected chi connectivity index (χ0v) is 18.6. The van der Waals surface area contributed by atoms with Crippen LogP contribution in [0, 0.1) is 0 Å². The van der Waals surface area contributed by atoms with Crippen LogP contribution in [0.3, 0.4) is 0 Å². The van der Waals surface area contributed by atoms with Gasteiger partial charge in [-0.25, -0.2) is 4.98 Å². The van der Waals surface area contributed by atoms with Crippen molar-refractivity contribution in [1.82, 2.24) is 9.97 Å². The van der Waals surface area contributed by atoms with Crippen LogP contribution in [0.15, 0.2) is 66.7 Å². The molecule has 0 bridgehead atoms. The molecule has 0 atom stereocenters. The summed E-state index contributed by atoms with van der Waals surface area (Å²) in [7, 11) is 7.22. The van der Waals surface area contributed by atoms with Crippen molar-refractivity contribution in [2.45, 2.75) is 0 Å². The van der Waals surface area contributed by atoms with Crippen molar-refractivity contribution in [2.24, 2.45) is 0 Å². The topological polar surface area (TPSA) is 50.7 Å². The van der Waals surface area contributed by atoms with Gasteiger partial charge in [0.2, 0.25) is 5.95 Å². The Morgan fingerprint density at radius 3 is 1.81 bits per heavy atom. The molecule has 0 radical (unpaired) electrons. The number of anilines is 4. The Morgan fingerprint density at radius 1 is 0.710 bits per heavy atom. The fraction of sp³-hybridized carbons (Fsp3) is 0.167. The number of fused-ring (bicyclic) bond motifs is 1. The van der Waals surface area contributed by atoms with E-state index in [1.165, 1.54) is 0 Å². The van der Waals surface area contributed by atoms with Crippen LogP contribution in [-0.4, -0.2) is 38.3 Å². The summed E-state index contributed by atoms with van der Waals surface area (Å²) in [5.41, 5.74) is 2.73. The maximum atomic E-state index is 6.29. The van der Waals surface area contributed by atoms with Crippen LogP contribution in [0.25, 0.3) is 10.9 Å². The van der Waals surface area contributed by atoms with E-state index in [0.717, 1.165) is 39.6 Å². The highest BCUT2D eigenvalue weighted by Crippen LogP contribution is 2.34. The predicted octanol–water partition coefficient (Wildman–Crippen LogP) is 5.84. The Bertz CT molecular complexity index is 1200. The fourth-order valence-corrected chi connectivity index (χ4v) is 3.50. The van der Waals surface area contributed by atoms with Crippen LogP contribution in [0.5, 0.6) is 11.5 Å².